The summed E-state index contributed by atoms with van der Waals surface area (Å²) >= 11 is 0. The Kier molecular flexibility index (Phi) is 5.06. The van der Waals surface area contributed by atoms with E-state index in [-0.39, 0.29) is 17.5 Å². The van der Waals surface area contributed by atoms with E-state index in [9.17, 15) is 13.6 Å². The smallest absolute Gasteiger partial charge is 0.407 e. The summed E-state index contributed by atoms with van der Waals surface area (Å²) < 4.78 is 34.0. The van der Waals surface area contributed by atoms with Gasteiger partial charge in [-0.3, -0.25) is 4.68 Å². The molecule has 2 N–H and O–H groups in total. The molecule has 0 bridgehead atoms. The predicted octanol–water partition coefficient (Wildman–Crippen LogP) is 3.61. The van der Waals surface area contributed by atoms with Crippen molar-refractivity contribution in [2.45, 2.75) is 32.4 Å². The van der Waals surface area contributed by atoms with Crippen LogP contribution in [0.2, 0.25) is 0 Å². The van der Waals surface area contributed by atoms with Gasteiger partial charge in [0.25, 0.3) is 5.92 Å². The number of hydrogen-bond acceptors (Lipinski definition) is 6. The molecule has 0 saturated carbocycles. The van der Waals surface area contributed by atoms with E-state index in [0.29, 0.717) is 24.6 Å². The highest BCUT2D eigenvalue weighted by Gasteiger charge is 2.25. The van der Waals surface area contributed by atoms with Crippen molar-refractivity contribution in [1.82, 2.24) is 25.1 Å². The summed E-state index contributed by atoms with van der Waals surface area (Å²) in [5.41, 5.74) is 2.25. The van der Waals surface area contributed by atoms with Crippen molar-refractivity contribution in [3.8, 4) is 11.3 Å². The lowest BCUT2D eigenvalue weighted by molar-refractivity contribution is 0.0174. The molecule has 4 rings (SSSR count). The minimum absolute atomic E-state index is 0.128. The third-order valence-electron chi connectivity index (χ3n) is 4.56. The summed E-state index contributed by atoms with van der Waals surface area (Å²) in [6.45, 7) is 3.62. The lowest BCUT2D eigenvalue weighted by Crippen LogP contribution is -2.20. The number of rotatable bonds is 6. The molecule has 1 saturated heterocycles. The fourth-order valence-electron chi connectivity index (χ4n) is 3.12. The van der Waals surface area contributed by atoms with Gasteiger partial charge in [0.1, 0.15) is 17.7 Å². The number of nitrogens with one attached hydrogen (secondary N) is 2. The van der Waals surface area contributed by atoms with E-state index in [1.807, 2.05) is 19.2 Å². The molecule has 1 aliphatic rings. The number of cyclic esters (lactones) is 1. The van der Waals surface area contributed by atoms with E-state index < -0.39 is 12.0 Å². The molecule has 1 aliphatic heterocycles. The van der Waals surface area contributed by atoms with Gasteiger partial charge in [-0.2, -0.15) is 5.10 Å². The highest BCUT2D eigenvalue weighted by atomic mass is 19.3. The van der Waals surface area contributed by atoms with E-state index >= 15 is 0 Å². The summed E-state index contributed by atoms with van der Waals surface area (Å²) in [7, 11) is 0. The van der Waals surface area contributed by atoms with Crippen molar-refractivity contribution in [3.05, 3.63) is 54.0 Å². The first-order valence-electron chi connectivity index (χ1n) is 9.34. The van der Waals surface area contributed by atoms with E-state index in [2.05, 4.69) is 25.7 Å². The second-order valence-corrected chi connectivity index (χ2v) is 7.22. The van der Waals surface area contributed by atoms with Gasteiger partial charge in [0.2, 0.25) is 0 Å². The highest BCUT2D eigenvalue weighted by Crippen LogP contribution is 2.29. The van der Waals surface area contributed by atoms with Gasteiger partial charge in [0.05, 0.1) is 25.0 Å². The zero-order chi connectivity index (χ0) is 21.3. The van der Waals surface area contributed by atoms with Gasteiger partial charge in [0.15, 0.2) is 0 Å². The molecule has 30 heavy (non-hydrogen) atoms. The third-order valence-corrected chi connectivity index (χ3v) is 4.56. The number of ether oxygens (including phenoxy) is 1. The van der Waals surface area contributed by atoms with Crippen molar-refractivity contribution in [2.24, 2.45) is 0 Å². The number of amides is 1. The van der Waals surface area contributed by atoms with Crippen LogP contribution in [0.3, 0.4) is 0 Å². The molecular weight excluding hydrogens is 394 g/mol. The fourth-order valence-corrected chi connectivity index (χ4v) is 3.12. The number of pyridine rings is 2. The number of carbonyl (C=O) groups excluding carboxylic acids is 1. The molecule has 8 nitrogen and oxygen atoms in total. The van der Waals surface area contributed by atoms with Crippen molar-refractivity contribution < 1.29 is 18.3 Å². The van der Waals surface area contributed by atoms with Crippen LogP contribution in [0.1, 0.15) is 18.1 Å². The Labute approximate surface area is 171 Å². The first-order chi connectivity index (χ1) is 14.3. The zero-order valence-electron chi connectivity index (χ0n) is 16.4. The third kappa shape index (κ3) is 4.53. The van der Waals surface area contributed by atoms with Gasteiger partial charge >= 0.3 is 6.09 Å². The van der Waals surface area contributed by atoms with Crippen LogP contribution in [0.5, 0.6) is 0 Å². The Morgan fingerprint density at radius 2 is 2.17 bits per heavy atom. The highest BCUT2D eigenvalue weighted by molar-refractivity contribution is 5.69. The van der Waals surface area contributed by atoms with Crippen molar-refractivity contribution in [3.63, 3.8) is 0 Å². The number of anilines is 2. The van der Waals surface area contributed by atoms with Crippen LogP contribution in [0, 0.1) is 6.92 Å². The first-order valence-corrected chi connectivity index (χ1v) is 9.34. The van der Waals surface area contributed by atoms with E-state index in [0.717, 1.165) is 18.1 Å². The number of carbonyl (C=O) groups is 1. The van der Waals surface area contributed by atoms with Crippen LogP contribution < -0.4 is 10.6 Å². The largest absolute Gasteiger partial charge is 0.442 e. The normalized spacial score (nSPS) is 16.3. The monoisotopic (exact) mass is 414 g/mol. The summed E-state index contributed by atoms with van der Waals surface area (Å²) in [5, 5.41) is 9.90. The van der Waals surface area contributed by atoms with Crippen LogP contribution in [0.15, 0.2) is 42.9 Å². The molecule has 1 fully saturated rings. The number of hydrogen-bond donors (Lipinski definition) is 2. The van der Waals surface area contributed by atoms with E-state index in [4.69, 9.17) is 4.74 Å². The molecule has 0 unspecified atom stereocenters. The van der Waals surface area contributed by atoms with Crippen molar-refractivity contribution in [1.29, 1.82) is 0 Å². The number of alkyl halides is 2. The van der Waals surface area contributed by atoms with Gasteiger partial charge < -0.3 is 15.4 Å². The van der Waals surface area contributed by atoms with Crippen LogP contribution in [0.4, 0.5) is 25.2 Å². The molecule has 156 valence electrons. The lowest BCUT2D eigenvalue weighted by atomic mass is 10.1. The van der Waals surface area contributed by atoms with Gasteiger partial charge in [-0.25, -0.2) is 23.5 Å². The SMILES string of the molecule is Cc1cc(Nc2cc(C(C)(F)F)ccn2)nc(-c2cnn(C[C@H]3CNC(=O)O3)c2)c1. The molecule has 0 radical (unpaired) electrons. The Morgan fingerprint density at radius 1 is 1.33 bits per heavy atom. The molecule has 4 heterocycles. The summed E-state index contributed by atoms with van der Waals surface area (Å²) in [4.78, 5) is 19.8. The van der Waals surface area contributed by atoms with Crippen molar-refractivity contribution >= 4 is 17.7 Å². The van der Waals surface area contributed by atoms with Crippen LogP contribution in [-0.2, 0) is 17.2 Å². The number of aryl methyl sites for hydroxylation is 1. The second kappa shape index (κ2) is 7.69. The van der Waals surface area contributed by atoms with Crippen molar-refractivity contribution in [2.75, 3.05) is 11.9 Å². The molecule has 0 spiro atoms. The van der Waals surface area contributed by atoms with Gasteiger partial charge in [-0.15, -0.1) is 0 Å². The average molecular weight is 414 g/mol. The molecule has 3 aromatic rings. The number of halogens is 2. The Balaban J connectivity index is 1.53. The Bertz CT molecular complexity index is 1080. The number of aromatic nitrogens is 4. The molecule has 1 amide bonds. The standard InChI is InChI=1S/C20H20F2N6O2/c1-12-5-16(13-8-25-28(10-13)11-15-9-24-19(29)30-15)26-18(6-12)27-17-7-14(3-4-23-17)20(2,21)22/h3-8,10,15H,9,11H2,1-2H3,(H,24,29)(H,23,26,27)/t15-/m1/s1. The maximum absolute atomic E-state index is 13.6. The average Bonchev–Trinajstić information content (AvgIpc) is 3.30. The maximum Gasteiger partial charge on any atom is 0.407 e. The van der Waals surface area contributed by atoms with Gasteiger partial charge in [0, 0.05) is 30.4 Å². The van der Waals surface area contributed by atoms with Crippen LogP contribution in [-0.4, -0.2) is 38.5 Å². The zero-order valence-corrected chi connectivity index (χ0v) is 16.4. The minimum Gasteiger partial charge on any atom is -0.442 e. The molecule has 10 heteroatoms. The van der Waals surface area contributed by atoms with Gasteiger partial charge in [-0.05, 0) is 36.8 Å². The lowest BCUT2D eigenvalue weighted by Gasteiger charge is -2.13. The first kappa shape index (κ1) is 19.7. The quantitative estimate of drug-likeness (QED) is 0.640. The molecule has 0 aliphatic carbocycles. The van der Waals surface area contributed by atoms with E-state index in [1.165, 1.54) is 18.3 Å². The molecule has 0 aromatic carbocycles. The molecule has 3 aromatic heterocycles. The molecular formula is C20H20F2N6O2. The Morgan fingerprint density at radius 3 is 2.90 bits per heavy atom. The van der Waals surface area contributed by atoms with E-state index in [1.54, 1.807) is 16.9 Å². The maximum atomic E-state index is 13.6. The van der Waals surface area contributed by atoms with Gasteiger partial charge in [-0.1, -0.05) is 0 Å². The second-order valence-electron chi connectivity index (χ2n) is 7.22. The fraction of sp³-hybridized carbons (Fsp3) is 0.300. The summed E-state index contributed by atoms with van der Waals surface area (Å²) in [6, 6.07) is 6.29. The van der Waals surface area contributed by atoms with Crippen LogP contribution >= 0.6 is 0 Å². The Hall–Kier alpha value is -3.56. The number of nitrogens with zero attached hydrogens (tertiary/aromatic N) is 4. The topological polar surface area (TPSA) is 94.0 Å². The van der Waals surface area contributed by atoms with Crippen LogP contribution in [0.25, 0.3) is 11.3 Å². The summed E-state index contributed by atoms with van der Waals surface area (Å²) in [6.07, 6.45) is 4.12. The minimum atomic E-state index is -2.96. The summed E-state index contributed by atoms with van der Waals surface area (Å²) in [5.74, 6) is -2.19. The predicted molar refractivity (Wildman–Crippen MR) is 106 cm³/mol. The molecule has 1 atom stereocenters. The number of alkyl carbamates (subject to hydrolysis) is 1.